The zero-order valence-electron chi connectivity index (χ0n) is 15.2. The van der Waals surface area contributed by atoms with Gasteiger partial charge in [-0.15, -0.1) is 0 Å². The molecule has 5 N–H and O–H groups in total. The van der Waals surface area contributed by atoms with Crippen molar-refractivity contribution in [2.24, 2.45) is 0 Å². The van der Waals surface area contributed by atoms with Crippen molar-refractivity contribution in [2.75, 3.05) is 11.9 Å². The Hall–Kier alpha value is -3.98. The highest BCUT2D eigenvalue weighted by Crippen LogP contribution is 2.30. The van der Waals surface area contributed by atoms with Crippen molar-refractivity contribution in [3.05, 3.63) is 60.3 Å². The predicted octanol–water partition coefficient (Wildman–Crippen LogP) is 1.26. The van der Waals surface area contributed by atoms with Crippen molar-refractivity contribution in [2.45, 2.75) is 6.23 Å². The first-order valence-corrected chi connectivity index (χ1v) is 9.08. The molecular formula is C20H17N6O3+. The van der Waals surface area contributed by atoms with E-state index in [0.717, 1.165) is 17.9 Å². The van der Waals surface area contributed by atoms with Gasteiger partial charge in [-0.2, -0.15) is 5.10 Å². The highest BCUT2D eigenvalue weighted by atomic mass is 16.5. The topological polar surface area (TPSA) is 130 Å². The number of benzene rings is 2. The highest BCUT2D eigenvalue weighted by Gasteiger charge is 2.30. The molecule has 29 heavy (non-hydrogen) atoms. The summed E-state index contributed by atoms with van der Waals surface area (Å²) in [6.07, 6.45) is 1.77. The number of nitrogens with two attached hydrogens (primary N) is 1. The lowest BCUT2D eigenvalue weighted by atomic mass is 10.1. The summed E-state index contributed by atoms with van der Waals surface area (Å²) in [5, 5.41) is 21.3. The summed E-state index contributed by atoms with van der Waals surface area (Å²) >= 11 is 0. The van der Waals surface area contributed by atoms with Crippen molar-refractivity contribution in [1.29, 1.82) is 0 Å². The summed E-state index contributed by atoms with van der Waals surface area (Å²) in [5.41, 5.74) is 2.56. The van der Waals surface area contributed by atoms with E-state index in [9.17, 15) is 9.90 Å². The Labute approximate surface area is 164 Å². The van der Waals surface area contributed by atoms with Gasteiger partial charge >= 0.3 is 0 Å². The van der Waals surface area contributed by atoms with Gasteiger partial charge < -0.3 is 15.2 Å². The van der Waals surface area contributed by atoms with Crippen LogP contribution < -0.4 is 15.4 Å². The first kappa shape index (κ1) is 17.1. The summed E-state index contributed by atoms with van der Waals surface area (Å²) in [5.74, 6) is 0.677. The predicted molar refractivity (Wildman–Crippen MR) is 104 cm³/mol. The number of rotatable bonds is 5. The maximum Gasteiger partial charge on any atom is 0.280 e. The van der Waals surface area contributed by atoms with E-state index in [4.69, 9.17) is 4.74 Å². The third kappa shape index (κ3) is 3.46. The van der Waals surface area contributed by atoms with Gasteiger partial charge in [-0.05, 0) is 30.3 Å². The molecule has 9 heteroatoms. The van der Waals surface area contributed by atoms with Crippen molar-refractivity contribution in [1.82, 2.24) is 20.2 Å². The SMILES string of the molecule is O=C(Nc1[nH]nc2ncc(-c3ccccc3OC3C[NH2+]3)nc12)c1cccc(O)c1. The third-order valence-corrected chi connectivity index (χ3v) is 4.48. The Balaban J connectivity index is 1.49. The second-order valence-corrected chi connectivity index (χ2v) is 6.65. The van der Waals surface area contributed by atoms with Crippen molar-refractivity contribution in [3.8, 4) is 22.8 Å². The molecule has 0 aliphatic carbocycles. The number of carbonyl (C=O) groups is 1. The maximum atomic E-state index is 12.5. The van der Waals surface area contributed by atoms with Crippen LogP contribution in [-0.2, 0) is 0 Å². The van der Waals surface area contributed by atoms with E-state index in [-0.39, 0.29) is 12.0 Å². The molecular weight excluding hydrogens is 372 g/mol. The number of para-hydroxylation sites is 1. The summed E-state index contributed by atoms with van der Waals surface area (Å²) in [6, 6.07) is 13.7. The number of hydrogen-bond donors (Lipinski definition) is 4. The molecule has 0 bridgehead atoms. The molecule has 0 radical (unpaired) electrons. The van der Waals surface area contributed by atoms with E-state index < -0.39 is 5.91 Å². The number of nitrogens with one attached hydrogen (secondary N) is 2. The van der Waals surface area contributed by atoms with Gasteiger partial charge in [0.25, 0.3) is 12.1 Å². The van der Waals surface area contributed by atoms with Gasteiger partial charge in [0.2, 0.25) is 5.65 Å². The molecule has 2 aromatic heterocycles. The van der Waals surface area contributed by atoms with E-state index in [1.54, 1.807) is 18.3 Å². The molecule has 1 aliphatic heterocycles. The molecule has 0 saturated carbocycles. The number of H-pyrrole nitrogens is 1. The standard InChI is InChI=1S/C20H16N6O3/c27-12-5-3-4-11(8-12)20(28)24-19-17-18(25-26-19)22-9-14(23-17)13-6-1-2-7-15(13)29-16-10-21-16/h1-9,16,21,27H,10H2,(H2,22,24,25,26,28)/p+1. The number of phenols is 1. The number of ether oxygens (including phenoxy) is 1. The number of nitrogens with zero attached hydrogens (tertiary/aromatic N) is 3. The minimum absolute atomic E-state index is 0.0127. The van der Waals surface area contributed by atoms with Gasteiger partial charge in [-0.25, -0.2) is 9.97 Å². The third-order valence-electron chi connectivity index (χ3n) is 4.48. The second kappa shape index (κ2) is 6.88. The number of phenolic OH excluding ortho intramolecular Hbond substituents is 1. The number of anilines is 1. The quantitative estimate of drug-likeness (QED) is 0.380. The van der Waals surface area contributed by atoms with Crippen LogP contribution in [0.4, 0.5) is 5.82 Å². The van der Waals surface area contributed by atoms with E-state index >= 15 is 0 Å². The molecule has 1 fully saturated rings. The molecule has 9 nitrogen and oxygen atoms in total. The van der Waals surface area contributed by atoms with Crippen LogP contribution in [0, 0.1) is 0 Å². The van der Waals surface area contributed by atoms with Crippen molar-refractivity contribution < 1.29 is 20.0 Å². The fraction of sp³-hybridized carbons (Fsp3) is 0.100. The maximum absolute atomic E-state index is 12.5. The van der Waals surface area contributed by atoms with Crippen molar-refractivity contribution in [3.63, 3.8) is 0 Å². The average molecular weight is 389 g/mol. The Morgan fingerprint density at radius 1 is 1.24 bits per heavy atom. The summed E-state index contributed by atoms with van der Waals surface area (Å²) in [7, 11) is 0. The van der Waals surface area contributed by atoms with Crippen LogP contribution in [0.15, 0.2) is 54.7 Å². The van der Waals surface area contributed by atoms with Crippen LogP contribution in [0.25, 0.3) is 22.4 Å². The van der Waals surface area contributed by atoms with E-state index in [1.807, 2.05) is 24.3 Å². The molecule has 2 aromatic carbocycles. The Morgan fingerprint density at radius 2 is 2.10 bits per heavy atom. The highest BCUT2D eigenvalue weighted by molar-refractivity contribution is 6.07. The monoisotopic (exact) mass is 389 g/mol. The van der Waals surface area contributed by atoms with E-state index in [0.29, 0.717) is 28.2 Å². The van der Waals surface area contributed by atoms with Crippen LogP contribution in [0.5, 0.6) is 11.5 Å². The molecule has 1 saturated heterocycles. The lowest BCUT2D eigenvalue weighted by molar-refractivity contribution is -0.519. The van der Waals surface area contributed by atoms with Gasteiger partial charge in [0.15, 0.2) is 17.9 Å². The number of hydrogen-bond acceptors (Lipinski definition) is 6. The zero-order valence-corrected chi connectivity index (χ0v) is 15.2. The van der Waals surface area contributed by atoms with Crippen LogP contribution in [0.3, 0.4) is 0 Å². The summed E-state index contributed by atoms with van der Waals surface area (Å²) in [4.78, 5) is 21.5. The normalized spacial score (nSPS) is 15.2. The minimum Gasteiger partial charge on any atom is -0.508 e. The molecule has 0 spiro atoms. The number of quaternary nitrogens is 1. The van der Waals surface area contributed by atoms with Gasteiger partial charge in [0.05, 0.1) is 11.9 Å². The molecule has 1 atom stereocenters. The fourth-order valence-electron chi connectivity index (χ4n) is 2.94. The number of aromatic amines is 1. The molecule has 3 heterocycles. The molecule has 1 unspecified atom stereocenters. The van der Waals surface area contributed by atoms with Gasteiger partial charge in [0.1, 0.15) is 11.5 Å². The van der Waals surface area contributed by atoms with Gasteiger partial charge in [0, 0.05) is 11.1 Å². The second-order valence-electron chi connectivity index (χ2n) is 6.65. The summed E-state index contributed by atoms with van der Waals surface area (Å²) in [6.45, 7) is 0.937. The molecule has 144 valence electrons. The van der Waals surface area contributed by atoms with Gasteiger partial charge in [-0.1, -0.05) is 18.2 Å². The number of carbonyl (C=O) groups excluding carboxylic acids is 1. The van der Waals surface area contributed by atoms with E-state index in [2.05, 4.69) is 30.8 Å². The smallest absolute Gasteiger partial charge is 0.280 e. The molecule has 1 amide bonds. The zero-order chi connectivity index (χ0) is 19.8. The van der Waals surface area contributed by atoms with Crippen molar-refractivity contribution >= 4 is 22.9 Å². The van der Waals surface area contributed by atoms with Crippen LogP contribution >= 0.6 is 0 Å². The van der Waals surface area contributed by atoms with Gasteiger partial charge in [-0.3, -0.25) is 15.2 Å². The number of aromatic hydroxyl groups is 1. The fourth-order valence-corrected chi connectivity index (χ4v) is 2.94. The molecule has 4 aromatic rings. The average Bonchev–Trinajstić information content (AvgIpc) is 3.47. The Morgan fingerprint density at radius 3 is 2.93 bits per heavy atom. The first-order valence-electron chi connectivity index (χ1n) is 9.08. The van der Waals surface area contributed by atoms with Crippen LogP contribution in [-0.4, -0.2) is 44.0 Å². The Bertz CT molecular complexity index is 1220. The lowest BCUT2D eigenvalue weighted by Crippen LogP contribution is -2.60. The van der Waals surface area contributed by atoms with Crippen LogP contribution in [0.1, 0.15) is 10.4 Å². The Kier molecular flexibility index (Phi) is 4.07. The number of fused-ring (bicyclic) bond motifs is 1. The van der Waals surface area contributed by atoms with Crippen LogP contribution in [0.2, 0.25) is 0 Å². The number of amides is 1. The minimum atomic E-state index is -0.397. The first-order chi connectivity index (χ1) is 14.2. The molecule has 5 rings (SSSR count). The lowest BCUT2D eigenvalue weighted by Gasteiger charge is -2.08. The molecule has 1 aliphatic rings. The largest absolute Gasteiger partial charge is 0.508 e. The van der Waals surface area contributed by atoms with E-state index in [1.165, 1.54) is 12.1 Å². The summed E-state index contributed by atoms with van der Waals surface area (Å²) < 4.78 is 5.93. The number of aromatic nitrogens is 4.